The third kappa shape index (κ3) is 2.11. The summed E-state index contributed by atoms with van der Waals surface area (Å²) in [5.74, 6) is 0.766. The molecule has 88 valence electrons. The SMILES string of the molecule is O=Cc1cccc2ccn(COCC3CC3)c12. The van der Waals surface area contributed by atoms with Gasteiger partial charge in [-0.1, -0.05) is 12.1 Å². The topological polar surface area (TPSA) is 31.2 Å². The van der Waals surface area contributed by atoms with E-state index < -0.39 is 0 Å². The van der Waals surface area contributed by atoms with E-state index in [2.05, 4.69) is 0 Å². The van der Waals surface area contributed by atoms with Gasteiger partial charge < -0.3 is 9.30 Å². The molecule has 1 saturated carbocycles. The van der Waals surface area contributed by atoms with Crippen molar-refractivity contribution in [3.63, 3.8) is 0 Å². The first-order chi connectivity index (χ1) is 8.38. The van der Waals surface area contributed by atoms with Crippen molar-refractivity contribution in [2.75, 3.05) is 6.61 Å². The molecule has 0 bridgehead atoms. The van der Waals surface area contributed by atoms with Gasteiger partial charge in [-0.2, -0.15) is 0 Å². The maximum Gasteiger partial charge on any atom is 0.152 e. The summed E-state index contributed by atoms with van der Waals surface area (Å²) < 4.78 is 7.66. The van der Waals surface area contributed by atoms with Crippen LogP contribution in [-0.4, -0.2) is 17.5 Å². The summed E-state index contributed by atoms with van der Waals surface area (Å²) >= 11 is 0. The summed E-state index contributed by atoms with van der Waals surface area (Å²) in [7, 11) is 0. The molecule has 0 radical (unpaired) electrons. The largest absolute Gasteiger partial charge is 0.360 e. The maximum atomic E-state index is 11.0. The van der Waals surface area contributed by atoms with E-state index in [1.54, 1.807) is 0 Å². The molecule has 2 aromatic rings. The van der Waals surface area contributed by atoms with Gasteiger partial charge in [-0.3, -0.25) is 4.79 Å². The van der Waals surface area contributed by atoms with Gasteiger partial charge in [-0.05, 0) is 30.9 Å². The summed E-state index contributed by atoms with van der Waals surface area (Å²) in [5, 5.41) is 1.09. The number of nitrogens with zero attached hydrogens (tertiary/aromatic N) is 1. The van der Waals surface area contributed by atoms with Crippen molar-refractivity contribution < 1.29 is 9.53 Å². The van der Waals surface area contributed by atoms with E-state index in [0.29, 0.717) is 6.73 Å². The number of carbonyl (C=O) groups excluding carboxylic acids is 1. The van der Waals surface area contributed by atoms with Gasteiger partial charge >= 0.3 is 0 Å². The van der Waals surface area contributed by atoms with Gasteiger partial charge in [0.15, 0.2) is 6.29 Å². The Hall–Kier alpha value is -1.61. The fraction of sp³-hybridized carbons (Fsp3) is 0.357. The van der Waals surface area contributed by atoms with Crippen LogP contribution in [0.5, 0.6) is 0 Å². The number of rotatable bonds is 5. The van der Waals surface area contributed by atoms with E-state index in [0.717, 1.165) is 35.3 Å². The number of benzene rings is 1. The van der Waals surface area contributed by atoms with Crippen molar-refractivity contribution in [1.29, 1.82) is 0 Å². The van der Waals surface area contributed by atoms with Gasteiger partial charge in [0.1, 0.15) is 6.73 Å². The van der Waals surface area contributed by atoms with Crippen LogP contribution in [0.2, 0.25) is 0 Å². The lowest BCUT2D eigenvalue weighted by Crippen LogP contribution is -2.04. The average molecular weight is 229 g/mol. The fourth-order valence-electron chi connectivity index (χ4n) is 2.10. The zero-order valence-corrected chi connectivity index (χ0v) is 9.63. The molecule has 0 spiro atoms. The molecule has 1 heterocycles. The standard InChI is InChI=1S/C14H15NO2/c16-8-13-3-1-2-12-6-7-15(14(12)13)10-17-9-11-4-5-11/h1-3,6-8,11H,4-5,9-10H2. The minimum absolute atomic E-state index is 0.533. The van der Waals surface area contributed by atoms with Crippen LogP contribution in [0.1, 0.15) is 23.2 Å². The number of aromatic nitrogens is 1. The second-order valence-corrected chi connectivity index (χ2v) is 4.63. The van der Waals surface area contributed by atoms with Gasteiger partial charge in [0.2, 0.25) is 0 Å². The van der Waals surface area contributed by atoms with Crippen LogP contribution in [0, 0.1) is 5.92 Å². The summed E-state index contributed by atoms with van der Waals surface area (Å²) in [6.45, 7) is 1.37. The highest BCUT2D eigenvalue weighted by Crippen LogP contribution is 2.29. The number of ether oxygens (including phenoxy) is 1. The van der Waals surface area contributed by atoms with Crippen LogP contribution < -0.4 is 0 Å². The Balaban J connectivity index is 1.84. The molecule has 0 unspecified atom stereocenters. The maximum absolute atomic E-state index is 11.0. The smallest absolute Gasteiger partial charge is 0.152 e. The normalized spacial score (nSPS) is 15.3. The second-order valence-electron chi connectivity index (χ2n) is 4.63. The molecular formula is C14H15NO2. The highest BCUT2D eigenvalue weighted by molar-refractivity contribution is 5.96. The first-order valence-corrected chi connectivity index (χ1v) is 5.99. The van der Waals surface area contributed by atoms with Gasteiger partial charge in [-0.25, -0.2) is 0 Å². The Bertz CT molecular complexity index is 540. The van der Waals surface area contributed by atoms with E-state index in [4.69, 9.17) is 4.74 Å². The minimum Gasteiger partial charge on any atom is -0.360 e. The average Bonchev–Trinajstić information content (AvgIpc) is 3.09. The number of aldehydes is 1. The third-order valence-electron chi connectivity index (χ3n) is 3.23. The lowest BCUT2D eigenvalue weighted by atomic mass is 10.1. The number of fused-ring (bicyclic) bond motifs is 1. The Morgan fingerprint density at radius 2 is 2.24 bits per heavy atom. The summed E-state index contributed by atoms with van der Waals surface area (Å²) in [6, 6.07) is 7.77. The lowest BCUT2D eigenvalue weighted by Gasteiger charge is -2.07. The second kappa shape index (κ2) is 4.34. The van der Waals surface area contributed by atoms with E-state index in [1.165, 1.54) is 12.8 Å². The number of hydrogen-bond acceptors (Lipinski definition) is 2. The molecule has 0 aliphatic heterocycles. The third-order valence-corrected chi connectivity index (χ3v) is 3.23. The predicted molar refractivity (Wildman–Crippen MR) is 66.0 cm³/mol. The lowest BCUT2D eigenvalue weighted by molar-refractivity contribution is 0.0717. The van der Waals surface area contributed by atoms with Crippen LogP contribution in [0.4, 0.5) is 0 Å². The Labute approximate surface area is 100.0 Å². The summed E-state index contributed by atoms with van der Waals surface area (Å²) in [6.07, 6.45) is 5.47. The van der Waals surface area contributed by atoms with Crippen molar-refractivity contribution in [3.8, 4) is 0 Å². The highest BCUT2D eigenvalue weighted by atomic mass is 16.5. The molecule has 1 aliphatic rings. The first kappa shape index (κ1) is 10.5. The zero-order valence-electron chi connectivity index (χ0n) is 9.63. The van der Waals surface area contributed by atoms with Crippen molar-refractivity contribution >= 4 is 17.2 Å². The monoisotopic (exact) mass is 229 g/mol. The molecule has 0 saturated heterocycles. The fourth-order valence-corrected chi connectivity index (χ4v) is 2.10. The van der Waals surface area contributed by atoms with Crippen molar-refractivity contribution in [2.24, 2.45) is 5.92 Å². The minimum atomic E-state index is 0.533. The van der Waals surface area contributed by atoms with Crippen molar-refractivity contribution in [3.05, 3.63) is 36.0 Å². The van der Waals surface area contributed by atoms with Crippen LogP contribution >= 0.6 is 0 Å². The molecule has 1 aromatic heterocycles. The molecule has 1 aliphatic carbocycles. The molecule has 1 aromatic carbocycles. The predicted octanol–water partition coefficient (Wildman–Crippen LogP) is 2.84. The quantitative estimate of drug-likeness (QED) is 0.738. The summed E-state index contributed by atoms with van der Waals surface area (Å²) in [4.78, 5) is 11.0. The molecule has 0 N–H and O–H groups in total. The van der Waals surface area contributed by atoms with E-state index in [1.807, 2.05) is 35.0 Å². The Morgan fingerprint density at radius 3 is 3.00 bits per heavy atom. The molecule has 3 heteroatoms. The van der Waals surface area contributed by atoms with Crippen LogP contribution in [0.25, 0.3) is 10.9 Å². The molecule has 0 amide bonds. The van der Waals surface area contributed by atoms with Gasteiger partial charge in [0.05, 0.1) is 12.1 Å². The van der Waals surface area contributed by atoms with E-state index in [-0.39, 0.29) is 0 Å². The van der Waals surface area contributed by atoms with E-state index in [9.17, 15) is 4.79 Å². The summed E-state index contributed by atoms with van der Waals surface area (Å²) in [5.41, 5.74) is 1.70. The Morgan fingerprint density at radius 1 is 1.35 bits per heavy atom. The highest BCUT2D eigenvalue weighted by Gasteiger charge is 2.21. The number of hydrogen-bond donors (Lipinski definition) is 0. The van der Waals surface area contributed by atoms with Gasteiger partial charge in [-0.15, -0.1) is 0 Å². The van der Waals surface area contributed by atoms with Gasteiger partial charge in [0.25, 0.3) is 0 Å². The van der Waals surface area contributed by atoms with Crippen LogP contribution in [0.3, 0.4) is 0 Å². The molecule has 17 heavy (non-hydrogen) atoms. The van der Waals surface area contributed by atoms with Crippen molar-refractivity contribution in [2.45, 2.75) is 19.6 Å². The molecule has 1 fully saturated rings. The van der Waals surface area contributed by atoms with Crippen molar-refractivity contribution in [1.82, 2.24) is 4.57 Å². The van der Waals surface area contributed by atoms with Crippen LogP contribution in [-0.2, 0) is 11.5 Å². The molecule has 0 atom stereocenters. The zero-order chi connectivity index (χ0) is 11.7. The Kier molecular flexibility index (Phi) is 2.69. The van der Waals surface area contributed by atoms with Crippen LogP contribution in [0.15, 0.2) is 30.5 Å². The molecular weight excluding hydrogens is 214 g/mol. The van der Waals surface area contributed by atoms with E-state index >= 15 is 0 Å². The molecule has 3 nitrogen and oxygen atoms in total. The number of para-hydroxylation sites is 1. The first-order valence-electron chi connectivity index (χ1n) is 5.99. The van der Waals surface area contributed by atoms with Gasteiger partial charge in [0, 0.05) is 17.1 Å². The number of carbonyl (C=O) groups is 1. The molecule has 3 rings (SSSR count).